The zero-order chi connectivity index (χ0) is 31.2. The van der Waals surface area contributed by atoms with Gasteiger partial charge in [0.05, 0.1) is 18.2 Å². The Morgan fingerprint density at radius 1 is 1.07 bits per heavy atom. The molecule has 1 aliphatic rings. The summed E-state index contributed by atoms with van der Waals surface area (Å²) in [5, 5.41) is 23.0. The van der Waals surface area contributed by atoms with Crippen molar-refractivity contribution in [3.8, 4) is 5.75 Å². The molecule has 11 heteroatoms. The number of carbonyl (C=O) groups excluding carboxylic acids is 3. The molecular weight excluding hydrogens is 558 g/mol. The van der Waals surface area contributed by atoms with Crippen LogP contribution in [-0.2, 0) is 22.6 Å². The maximum Gasteiger partial charge on any atom is 0.257 e. The largest absolute Gasteiger partial charge is 0.506 e. The molecule has 230 valence electrons. The van der Waals surface area contributed by atoms with E-state index in [1.54, 1.807) is 47.1 Å². The summed E-state index contributed by atoms with van der Waals surface area (Å²) < 4.78 is 1.75. The highest BCUT2D eigenvalue weighted by molar-refractivity contribution is 6.03. The minimum atomic E-state index is -0.729. The van der Waals surface area contributed by atoms with Crippen molar-refractivity contribution in [2.45, 2.75) is 65.1 Å². The summed E-state index contributed by atoms with van der Waals surface area (Å²) in [4.78, 5) is 51.1. The Morgan fingerprint density at radius 2 is 1.86 bits per heavy atom. The summed E-state index contributed by atoms with van der Waals surface area (Å²) in [7, 11) is 0. The van der Waals surface area contributed by atoms with Crippen molar-refractivity contribution < 1.29 is 19.5 Å². The molecule has 3 atom stereocenters. The van der Waals surface area contributed by atoms with Crippen molar-refractivity contribution in [2.24, 2.45) is 5.92 Å². The molecule has 3 heterocycles. The number of phenols is 1. The number of fused-ring (bicyclic) bond motifs is 2. The van der Waals surface area contributed by atoms with Crippen LogP contribution in [0, 0.1) is 12.8 Å². The molecule has 4 aromatic rings. The second-order valence-electron chi connectivity index (χ2n) is 11.4. The summed E-state index contributed by atoms with van der Waals surface area (Å²) in [5.41, 5.74) is 1.18. The quantitative estimate of drug-likeness (QED) is 0.318. The lowest BCUT2D eigenvalue weighted by Gasteiger charge is -2.28. The van der Waals surface area contributed by atoms with E-state index in [-0.39, 0.29) is 54.5 Å². The van der Waals surface area contributed by atoms with Crippen LogP contribution < -0.4 is 10.6 Å². The number of rotatable bonds is 5. The van der Waals surface area contributed by atoms with Gasteiger partial charge < -0.3 is 20.6 Å². The van der Waals surface area contributed by atoms with E-state index in [4.69, 9.17) is 4.98 Å². The highest BCUT2D eigenvalue weighted by atomic mass is 16.3. The Labute approximate surface area is 256 Å². The number of benzene rings is 2. The van der Waals surface area contributed by atoms with E-state index in [0.29, 0.717) is 42.8 Å². The lowest BCUT2D eigenvalue weighted by Crippen LogP contribution is -2.51. The first-order valence-corrected chi connectivity index (χ1v) is 15.1. The molecule has 0 saturated heterocycles. The predicted octanol–water partition coefficient (Wildman–Crippen LogP) is 3.71. The second-order valence-corrected chi connectivity index (χ2v) is 11.4. The van der Waals surface area contributed by atoms with E-state index in [2.05, 4.69) is 20.7 Å². The zero-order valence-electron chi connectivity index (χ0n) is 25.4. The monoisotopic (exact) mass is 597 g/mol. The fourth-order valence-electron chi connectivity index (χ4n) is 5.62. The van der Waals surface area contributed by atoms with Gasteiger partial charge in [0.25, 0.3) is 5.91 Å². The molecule has 0 radical (unpaired) electrons. The van der Waals surface area contributed by atoms with Crippen molar-refractivity contribution in [1.29, 1.82) is 0 Å². The van der Waals surface area contributed by atoms with Gasteiger partial charge in [-0.2, -0.15) is 5.10 Å². The minimum absolute atomic E-state index is 0.104. The number of phenolic OH excluding ortho intramolecular Hbond substituents is 1. The van der Waals surface area contributed by atoms with Gasteiger partial charge in [0, 0.05) is 42.7 Å². The normalized spacial score (nSPS) is 19.0. The molecular formula is C33H39N7O4. The van der Waals surface area contributed by atoms with Crippen LogP contribution in [0.4, 0.5) is 0 Å². The first kappa shape index (κ1) is 30.7. The van der Waals surface area contributed by atoms with E-state index in [0.717, 1.165) is 10.9 Å². The van der Waals surface area contributed by atoms with Gasteiger partial charge in [-0.15, -0.1) is 0 Å². The number of hydrogen-bond acceptors (Lipinski definition) is 7. The third-order valence-corrected chi connectivity index (χ3v) is 8.25. The van der Waals surface area contributed by atoms with Crippen LogP contribution in [0.5, 0.6) is 5.75 Å². The van der Waals surface area contributed by atoms with Gasteiger partial charge >= 0.3 is 0 Å². The molecule has 0 aliphatic carbocycles. The molecule has 2 aromatic carbocycles. The van der Waals surface area contributed by atoms with Crippen molar-refractivity contribution in [2.75, 3.05) is 13.1 Å². The Kier molecular flexibility index (Phi) is 9.52. The van der Waals surface area contributed by atoms with Crippen LogP contribution in [-0.4, -0.2) is 66.6 Å². The standard InChI is InChI=1S/C33H39N7O4/c1-4-21(2)29-32(43)36-27(19-23-9-6-5-7-10-23)31-35-22(3)38-40(31)18-17-39(16-8-11-28(41)37-29)33(44)26-13-12-24-20-34-15-14-25(24)30(26)42/h5-7,9-10,12-15,20-21,27,29,42H,4,8,11,16-19H2,1-3H3,(H,36,43)(H,37,41)/t21-,27-,29-/m0/s1. The molecule has 44 heavy (non-hydrogen) atoms. The average Bonchev–Trinajstić information content (AvgIpc) is 3.41. The molecule has 0 fully saturated rings. The molecule has 0 unspecified atom stereocenters. The Balaban J connectivity index is 1.51. The molecule has 11 nitrogen and oxygen atoms in total. The van der Waals surface area contributed by atoms with E-state index in [1.165, 1.54) is 0 Å². The SMILES string of the molecule is CC[C@H](C)[C@@H]1NC(=O)CCCN(C(=O)c2ccc3cnccc3c2O)CCn2nc(C)nc2[C@H](Cc2ccccc2)NC1=O. The molecule has 3 N–H and O–H groups in total. The van der Waals surface area contributed by atoms with E-state index in [1.807, 2.05) is 44.2 Å². The number of hydrogen-bond donors (Lipinski definition) is 3. The molecule has 1 aliphatic heterocycles. The van der Waals surface area contributed by atoms with E-state index in [9.17, 15) is 19.5 Å². The fourth-order valence-corrected chi connectivity index (χ4v) is 5.62. The summed E-state index contributed by atoms with van der Waals surface area (Å²) in [6, 6.07) is 13.6. The second kappa shape index (κ2) is 13.7. The fraction of sp³-hybridized carbons (Fsp3) is 0.394. The van der Waals surface area contributed by atoms with Gasteiger partial charge in [-0.05, 0) is 43.4 Å². The van der Waals surface area contributed by atoms with Gasteiger partial charge in [0.2, 0.25) is 11.8 Å². The lowest BCUT2D eigenvalue weighted by molar-refractivity contribution is -0.130. The third kappa shape index (κ3) is 6.88. The number of aromatic nitrogens is 4. The number of amides is 3. The summed E-state index contributed by atoms with van der Waals surface area (Å²) in [5.74, 6) is 0.0332. The highest BCUT2D eigenvalue weighted by Gasteiger charge is 2.31. The van der Waals surface area contributed by atoms with E-state index >= 15 is 0 Å². The van der Waals surface area contributed by atoms with Crippen molar-refractivity contribution >= 4 is 28.5 Å². The summed E-state index contributed by atoms with van der Waals surface area (Å²) in [6.45, 7) is 6.56. The van der Waals surface area contributed by atoms with Crippen molar-refractivity contribution in [3.05, 3.63) is 83.7 Å². The maximum absolute atomic E-state index is 13.9. The third-order valence-electron chi connectivity index (χ3n) is 8.25. The Hall–Kier alpha value is -4.80. The topological polar surface area (TPSA) is 142 Å². The van der Waals surface area contributed by atoms with Gasteiger partial charge in [-0.3, -0.25) is 19.4 Å². The maximum atomic E-state index is 13.9. The lowest BCUT2D eigenvalue weighted by atomic mass is 9.97. The molecule has 3 amide bonds. The van der Waals surface area contributed by atoms with Crippen molar-refractivity contribution in [1.82, 2.24) is 35.3 Å². The van der Waals surface area contributed by atoms with E-state index < -0.39 is 12.1 Å². The first-order valence-electron chi connectivity index (χ1n) is 15.1. The van der Waals surface area contributed by atoms with Crippen LogP contribution in [0.1, 0.15) is 66.7 Å². The Bertz CT molecular complexity index is 1640. The van der Waals surface area contributed by atoms with Crippen molar-refractivity contribution in [3.63, 3.8) is 0 Å². The van der Waals surface area contributed by atoms with Gasteiger partial charge in [0.15, 0.2) is 0 Å². The summed E-state index contributed by atoms with van der Waals surface area (Å²) in [6.07, 6.45) is 4.89. The molecule has 0 saturated carbocycles. The highest BCUT2D eigenvalue weighted by Crippen LogP contribution is 2.29. The molecule has 0 spiro atoms. The smallest absolute Gasteiger partial charge is 0.257 e. The Morgan fingerprint density at radius 3 is 2.64 bits per heavy atom. The van der Waals surface area contributed by atoms with Crippen LogP contribution in [0.3, 0.4) is 0 Å². The molecule has 0 bridgehead atoms. The summed E-state index contributed by atoms with van der Waals surface area (Å²) >= 11 is 0. The van der Waals surface area contributed by atoms with Gasteiger partial charge in [0.1, 0.15) is 23.4 Å². The number of nitrogens with one attached hydrogen (secondary N) is 2. The number of nitrogens with zero attached hydrogens (tertiary/aromatic N) is 5. The number of aryl methyl sites for hydroxylation is 1. The van der Waals surface area contributed by atoms with Crippen LogP contribution >= 0.6 is 0 Å². The first-order chi connectivity index (χ1) is 21.2. The molecule has 2 aromatic heterocycles. The van der Waals surface area contributed by atoms with Gasteiger partial charge in [-0.1, -0.05) is 56.7 Å². The number of carbonyl (C=O) groups is 3. The van der Waals surface area contributed by atoms with Crippen LogP contribution in [0.15, 0.2) is 60.9 Å². The minimum Gasteiger partial charge on any atom is -0.506 e. The van der Waals surface area contributed by atoms with Crippen LogP contribution in [0.2, 0.25) is 0 Å². The van der Waals surface area contributed by atoms with Gasteiger partial charge in [-0.25, -0.2) is 9.67 Å². The average molecular weight is 598 g/mol. The number of pyridine rings is 1. The zero-order valence-corrected chi connectivity index (χ0v) is 25.4. The molecule has 5 rings (SSSR count). The van der Waals surface area contributed by atoms with Crippen LogP contribution in [0.25, 0.3) is 10.8 Å². The predicted molar refractivity (Wildman–Crippen MR) is 166 cm³/mol. The number of aromatic hydroxyl groups is 1.